The summed E-state index contributed by atoms with van der Waals surface area (Å²) in [6, 6.07) is 3.09. The fourth-order valence-electron chi connectivity index (χ4n) is 1.19. The van der Waals surface area contributed by atoms with Crippen molar-refractivity contribution in [1.29, 1.82) is 0 Å². The van der Waals surface area contributed by atoms with Gasteiger partial charge in [-0.05, 0) is 12.1 Å². The van der Waals surface area contributed by atoms with E-state index in [1.807, 2.05) is 0 Å². The minimum atomic E-state index is -0.578. The van der Waals surface area contributed by atoms with Crippen molar-refractivity contribution < 1.29 is 15.3 Å². The molecule has 1 aromatic carbocycles. The highest BCUT2D eigenvalue weighted by atomic mass is 79.9. The molecule has 1 aromatic rings. The van der Waals surface area contributed by atoms with Crippen molar-refractivity contribution in [1.82, 2.24) is 0 Å². The van der Waals surface area contributed by atoms with Crippen LogP contribution in [0.5, 0.6) is 11.5 Å². The van der Waals surface area contributed by atoms with Gasteiger partial charge in [0.15, 0.2) is 11.5 Å². The number of rotatable bonds is 2. The van der Waals surface area contributed by atoms with Crippen molar-refractivity contribution in [3.63, 3.8) is 0 Å². The smallest absolute Gasteiger partial charge is 0.161 e. The lowest BCUT2D eigenvalue weighted by Gasteiger charge is -2.23. The van der Waals surface area contributed by atoms with E-state index in [9.17, 15) is 10.2 Å². The van der Waals surface area contributed by atoms with E-state index in [2.05, 4.69) is 15.9 Å². The van der Waals surface area contributed by atoms with E-state index in [0.29, 0.717) is 10.0 Å². The Hall–Kier alpha value is -0.740. The van der Waals surface area contributed by atoms with Crippen LogP contribution in [0.15, 0.2) is 16.6 Å². The van der Waals surface area contributed by atoms with Gasteiger partial charge in [0.1, 0.15) is 0 Å². The quantitative estimate of drug-likeness (QED) is 0.715. The zero-order valence-corrected chi connectivity index (χ0v) is 9.67. The molecule has 0 unspecified atom stereocenters. The Labute approximate surface area is 91.1 Å². The van der Waals surface area contributed by atoms with Gasteiger partial charge in [-0.1, -0.05) is 29.8 Å². The van der Waals surface area contributed by atoms with E-state index >= 15 is 0 Å². The highest BCUT2D eigenvalue weighted by Gasteiger charge is 2.25. The van der Waals surface area contributed by atoms with Crippen molar-refractivity contribution in [2.24, 2.45) is 0 Å². The summed E-state index contributed by atoms with van der Waals surface area (Å²) in [6.45, 7) is 3.47. The summed E-state index contributed by atoms with van der Waals surface area (Å²) in [4.78, 5) is 0. The van der Waals surface area contributed by atoms with Crippen LogP contribution in [0.25, 0.3) is 0 Å². The molecule has 3 nitrogen and oxygen atoms in total. The van der Waals surface area contributed by atoms with Crippen LogP contribution in [-0.2, 0) is 5.41 Å². The van der Waals surface area contributed by atoms with Crippen molar-refractivity contribution in [2.75, 3.05) is 6.61 Å². The van der Waals surface area contributed by atoms with Crippen LogP contribution >= 0.6 is 15.9 Å². The Morgan fingerprint density at radius 2 is 1.86 bits per heavy atom. The van der Waals surface area contributed by atoms with Crippen LogP contribution in [0, 0.1) is 0 Å². The maximum absolute atomic E-state index is 9.61. The summed E-state index contributed by atoms with van der Waals surface area (Å²) in [7, 11) is 0. The number of aliphatic hydroxyl groups excluding tert-OH is 1. The van der Waals surface area contributed by atoms with Crippen molar-refractivity contribution in [3.8, 4) is 11.5 Å². The lowest BCUT2D eigenvalue weighted by atomic mass is 9.85. The molecule has 0 aliphatic heterocycles. The van der Waals surface area contributed by atoms with E-state index in [-0.39, 0.29) is 18.1 Å². The van der Waals surface area contributed by atoms with Gasteiger partial charge in [-0.2, -0.15) is 0 Å². The lowest BCUT2D eigenvalue weighted by Crippen LogP contribution is -2.22. The maximum Gasteiger partial charge on any atom is 0.161 e. The summed E-state index contributed by atoms with van der Waals surface area (Å²) < 4.78 is 0.671. The normalized spacial score (nSPS) is 11.7. The molecule has 0 atom stereocenters. The van der Waals surface area contributed by atoms with Gasteiger partial charge in [0.25, 0.3) is 0 Å². The molecule has 0 radical (unpaired) electrons. The number of phenolic OH excluding ortho intramolecular Hbond substituents is 2. The van der Waals surface area contributed by atoms with Gasteiger partial charge in [-0.25, -0.2) is 0 Å². The molecule has 78 valence electrons. The van der Waals surface area contributed by atoms with E-state index in [1.54, 1.807) is 19.9 Å². The molecule has 0 aliphatic rings. The highest BCUT2D eigenvalue weighted by molar-refractivity contribution is 9.10. The lowest BCUT2D eigenvalue weighted by molar-refractivity contribution is 0.214. The third kappa shape index (κ3) is 2.01. The molecule has 0 saturated carbocycles. The Balaban J connectivity index is 3.34. The van der Waals surface area contributed by atoms with Crippen molar-refractivity contribution in [2.45, 2.75) is 19.3 Å². The number of aliphatic hydroxyl groups is 1. The fourth-order valence-corrected chi connectivity index (χ4v) is 1.63. The summed E-state index contributed by atoms with van der Waals surface area (Å²) in [5.74, 6) is -0.358. The van der Waals surface area contributed by atoms with E-state index in [0.717, 1.165) is 0 Å². The molecule has 0 amide bonds. The number of hydrogen-bond acceptors (Lipinski definition) is 3. The van der Waals surface area contributed by atoms with Crippen LogP contribution < -0.4 is 0 Å². The molecular formula is C10H13BrO3. The zero-order chi connectivity index (χ0) is 10.9. The Morgan fingerprint density at radius 3 is 2.36 bits per heavy atom. The van der Waals surface area contributed by atoms with Crippen LogP contribution in [0.2, 0.25) is 0 Å². The minimum Gasteiger partial charge on any atom is -0.504 e. The second kappa shape index (κ2) is 3.79. The first kappa shape index (κ1) is 11.3. The average molecular weight is 261 g/mol. The van der Waals surface area contributed by atoms with Crippen molar-refractivity contribution >= 4 is 15.9 Å². The van der Waals surface area contributed by atoms with E-state index in [4.69, 9.17) is 5.11 Å². The Bertz CT molecular complexity index is 347. The second-order valence-corrected chi connectivity index (χ2v) is 4.78. The van der Waals surface area contributed by atoms with Crippen molar-refractivity contribution in [3.05, 3.63) is 22.2 Å². The Kier molecular flexibility index (Phi) is 3.07. The molecule has 0 heterocycles. The monoisotopic (exact) mass is 260 g/mol. The first-order valence-corrected chi connectivity index (χ1v) is 5.00. The van der Waals surface area contributed by atoms with E-state index < -0.39 is 5.41 Å². The topological polar surface area (TPSA) is 60.7 Å². The molecule has 0 spiro atoms. The SMILES string of the molecule is CC(C)(CO)c1cc(Br)cc(O)c1O. The van der Waals surface area contributed by atoms with Crippen LogP contribution in [0.1, 0.15) is 19.4 Å². The zero-order valence-electron chi connectivity index (χ0n) is 8.08. The number of hydrogen-bond donors (Lipinski definition) is 3. The number of benzene rings is 1. The molecule has 0 bridgehead atoms. The molecular weight excluding hydrogens is 248 g/mol. The molecule has 0 aliphatic carbocycles. The fraction of sp³-hybridized carbons (Fsp3) is 0.400. The average Bonchev–Trinajstić information content (AvgIpc) is 2.11. The summed E-state index contributed by atoms with van der Waals surface area (Å²) in [6.07, 6.45) is 0. The molecule has 0 fully saturated rings. The third-order valence-corrected chi connectivity index (χ3v) is 2.64. The predicted molar refractivity (Wildman–Crippen MR) is 57.6 cm³/mol. The van der Waals surface area contributed by atoms with Gasteiger partial charge in [0, 0.05) is 15.5 Å². The highest BCUT2D eigenvalue weighted by Crippen LogP contribution is 2.39. The first-order valence-electron chi connectivity index (χ1n) is 4.21. The Morgan fingerprint density at radius 1 is 1.29 bits per heavy atom. The van der Waals surface area contributed by atoms with Gasteiger partial charge in [-0.3, -0.25) is 0 Å². The summed E-state index contributed by atoms with van der Waals surface area (Å²) in [5, 5.41) is 28.1. The van der Waals surface area contributed by atoms with Gasteiger partial charge in [-0.15, -0.1) is 0 Å². The molecule has 3 N–H and O–H groups in total. The van der Waals surface area contributed by atoms with Crippen LogP contribution in [0.3, 0.4) is 0 Å². The summed E-state index contributed by atoms with van der Waals surface area (Å²) >= 11 is 3.22. The van der Waals surface area contributed by atoms with Gasteiger partial charge < -0.3 is 15.3 Å². The first-order chi connectivity index (χ1) is 6.38. The number of halogens is 1. The van der Waals surface area contributed by atoms with E-state index in [1.165, 1.54) is 6.07 Å². The molecule has 14 heavy (non-hydrogen) atoms. The standard InChI is InChI=1S/C10H13BrO3/c1-10(2,5-12)7-3-6(11)4-8(13)9(7)14/h3-4,12-14H,5H2,1-2H3. The maximum atomic E-state index is 9.61. The predicted octanol–water partition coefficient (Wildman–Crippen LogP) is 2.13. The molecule has 1 rings (SSSR count). The van der Waals surface area contributed by atoms with Gasteiger partial charge in [0.2, 0.25) is 0 Å². The van der Waals surface area contributed by atoms with Crippen LogP contribution in [0.4, 0.5) is 0 Å². The molecule has 4 heteroatoms. The second-order valence-electron chi connectivity index (χ2n) is 3.86. The minimum absolute atomic E-state index is 0.101. The molecule has 0 aromatic heterocycles. The van der Waals surface area contributed by atoms with Gasteiger partial charge in [0.05, 0.1) is 6.61 Å². The third-order valence-electron chi connectivity index (χ3n) is 2.18. The summed E-state index contributed by atoms with van der Waals surface area (Å²) in [5.41, 5.74) is -0.0578. The van der Waals surface area contributed by atoms with Crippen LogP contribution in [-0.4, -0.2) is 21.9 Å². The number of aromatic hydroxyl groups is 2. The van der Waals surface area contributed by atoms with Gasteiger partial charge >= 0.3 is 0 Å². The number of phenols is 2. The largest absolute Gasteiger partial charge is 0.504 e. The molecule has 0 saturated heterocycles.